The molecule has 0 aliphatic carbocycles. The zero-order valence-corrected chi connectivity index (χ0v) is 16.7. The predicted octanol–water partition coefficient (Wildman–Crippen LogP) is 0.887. The minimum Gasteiger partial charge on any atom is -0.388 e. The molecule has 2 aliphatic rings. The second kappa shape index (κ2) is 7.88. The van der Waals surface area contributed by atoms with Crippen molar-refractivity contribution in [3.63, 3.8) is 0 Å². The van der Waals surface area contributed by atoms with Crippen molar-refractivity contribution >= 4 is 17.7 Å². The molecule has 2 aliphatic heterocycles. The molecule has 146 valence electrons. The Balaban J connectivity index is 1.68. The number of amides is 1. The van der Waals surface area contributed by atoms with Crippen LogP contribution in [0.25, 0.3) is 0 Å². The molecule has 2 fully saturated rings. The number of piperidine rings is 1. The monoisotopic (exact) mass is 382 g/mol. The van der Waals surface area contributed by atoms with E-state index in [1.54, 1.807) is 24.1 Å². The molecule has 8 heteroatoms. The summed E-state index contributed by atoms with van der Waals surface area (Å²) in [5, 5.41) is 14.3. The second-order valence-corrected chi connectivity index (χ2v) is 8.65. The molecule has 26 heavy (non-hydrogen) atoms. The van der Waals surface area contributed by atoms with Gasteiger partial charge in [0, 0.05) is 39.0 Å². The molecule has 3 rings (SSSR count). The number of imidazole rings is 1. The Kier molecular flexibility index (Phi) is 5.96. The van der Waals surface area contributed by atoms with Gasteiger partial charge in [0.1, 0.15) is 11.8 Å². The fraction of sp³-hybridized carbons (Fsp3) is 0.778. The van der Waals surface area contributed by atoms with Gasteiger partial charge in [-0.05, 0) is 32.4 Å². The number of rotatable bonds is 5. The third kappa shape index (κ3) is 3.78. The largest absolute Gasteiger partial charge is 0.388 e. The standard InChI is InChI=1S/C18H30N4O3S/c1-17(20-15(23)14-12-19-13-21(14)2)6-10-25-18(16(17)24)4-7-22(8-5-18)9-11-26-3/h12-13,16,24H,4-11H2,1-3H3,(H,20,23)/t16-,17+/m1/s1. The summed E-state index contributed by atoms with van der Waals surface area (Å²) in [6, 6.07) is 0. The maximum atomic E-state index is 12.7. The second-order valence-electron chi connectivity index (χ2n) is 7.66. The minimum absolute atomic E-state index is 0.207. The number of aliphatic hydroxyl groups excluding tert-OH is 1. The number of aryl methyl sites for hydroxylation is 1. The van der Waals surface area contributed by atoms with Gasteiger partial charge in [-0.15, -0.1) is 0 Å². The van der Waals surface area contributed by atoms with E-state index in [1.807, 2.05) is 18.7 Å². The molecular formula is C18H30N4O3S. The fourth-order valence-electron chi connectivity index (χ4n) is 4.09. The first-order valence-electron chi connectivity index (χ1n) is 9.22. The number of likely N-dealkylation sites (tertiary alicyclic amines) is 1. The number of aliphatic hydroxyl groups is 1. The SMILES string of the molecule is CSCCN1CCC2(CC1)OCC[C@](C)(NC(=O)c1cncn1C)[C@H]2O. The van der Waals surface area contributed by atoms with Crippen molar-refractivity contribution in [3.05, 3.63) is 18.2 Å². The lowest BCUT2D eigenvalue weighted by atomic mass is 9.73. The van der Waals surface area contributed by atoms with E-state index >= 15 is 0 Å². The van der Waals surface area contributed by atoms with E-state index in [2.05, 4.69) is 21.5 Å². The van der Waals surface area contributed by atoms with Gasteiger partial charge in [-0.3, -0.25) is 4.79 Å². The molecule has 3 heterocycles. The molecule has 0 saturated carbocycles. The van der Waals surface area contributed by atoms with E-state index in [4.69, 9.17) is 4.74 Å². The Labute approximate surface area is 159 Å². The Morgan fingerprint density at radius 1 is 1.46 bits per heavy atom. The van der Waals surface area contributed by atoms with Gasteiger partial charge < -0.3 is 24.6 Å². The fourth-order valence-corrected chi connectivity index (χ4v) is 4.53. The van der Waals surface area contributed by atoms with Crippen molar-refractivity contribution in [2.24, 2.45) is 7.05 Å². The van der Waals surface area contributed by atoms with E-state index in [1.165, 1.54) is 0 Å². The Morgan fingerprint density at radius 2 is 2.19 bits per heavy atom. The van der Waals surface area contributed by atoms with E-state index in [0.717, 1.165) is 38.2 Å². The topological polar surface area (TPSA) is 79.6 Å². The number of hydrogen-bond donors (Lipinski definition) is 2. The maximum absolute atomic E-state index is 12.7. The Morgan fingerprint density at radius 3 is 2.81 bits per heavy atom. The van der Waals surface area contributed by atoms with Gasteiger partial charge in [0.25, 0.3) is 5.91 Å². The van der Waals surface area contributed by atoms with Crippen LogP contribution in [0.5, 0.6) is 0 Å². The number of hydrogen-bond acceptors (Lipinski definition) is 6. The first-order chi connectivity index (χ1) is 12.4. The summed E-state index contributed by atoms with van der Waals surface area (Å²) >= 11 is 1.85. The van der Waals surface area contributed by atoms with Gasteiger partial charge >= 0.3 is 0 Å². The molecule has 1 spiro atoms. The van der Waals surface area contributed by atoms with Crippen molar-refractivity contribution < 1.29 is 14.6 Å². The average molecular weight is 383 g/mol. The number of thioether (sulfide) groups is 1. The van der Waals surface area contributed by atoms with Gasteiger partial charge in [0.05, 0.1) is 23.7 Å². The lowest BCUT2D eigenvalue weighted by Crippen LogP contribution is -2.69. The molecule has 2 saturated heterocycles. The van der Waals surface area contributed by atoms with Gasteiger partial charge in [0.15, 0.2) is 0 Å². The number of nitrogens with one attached hydrogen (secondary N) is 1. The highest BCUT2D eigenvalue weighted by Crippen LogP contribution is 2.40. The zero-order valence-electron chi connectivity index (χ0n) is 15.9. The summed E-state index contributed by atoms with van der Waals surface area (Å²) in [6.07, 6.45) is 6.71. The third-order valence-electron chi connectivity index (χ3n) is 5.88. The van der Waals surface area contributed by atoms with E-state index in [-0.39, 0.29) is 5.91 Å². The molecule has 0 aromatic carbocycles. The van der Waals surface area contributed by atoms with Gasteiger partial charge in [-0.25, -0.2) is 4.98 Å². The third-order valence-corrected chi connectivity index (χ3v) is 6.47. The van der Waals surface area contributed by atoms with Crippen LogP contribution in [-0.2, 0) is 11.8 Å². The van der Waals surface area contributed by atoms with Crippen LogP contribution >= 0.6 is 11.8 Å². The molecule has 1 aromatic rings. The summed E-state index contributed by atoms with van der Waals surface area (Å²) < 4.78 is 7.80. The van der Waals surface area contributed by atoms with Crippen molar-refractivity contribution in [1.29, 1.82) is 0 Å². The van der Waals surface area contributed by atoms with Crippen LogP contribution in [0.1, 0.15) is 36.7 Å². The highest BCUT2D eigenvalue weighted by atomic mass is 32.2. The van der Waals surface area contributed by atoms with E-state index in [9.17, 15) is 9.90 Å². The average Bonchev–Trinajstić information content (AvgIpc) is 3.05. The van der Waals surface area contributed by atoms with Crippen molar-refractivity contribution in [1.82, 2.24) is 19.8 Å². The lowest BCUT2D eigenvalue weighted by molar-refractivity contribution is -0.205. The number of carbonyl (C=O) groups excluding carboxylic acids is 1. The molecule has 2 atom stereocenters. The van der Waals surface area contributed by atoms with Crippen LogP contribution in [0.15, 0.2) is 12.5 Å². The quantitative estimate of drug-likeness (QED) is 0.787. The normalized spacial score (nSPS) is 29.0. The molecule has 7 nitrogen and oxygen atoms in total. The molecular weight excluding hydrogens is 352 g/mol. The smallest absolute Gasteiger partial charge is 0.270 e. The van der Waals surface area contributed by atoms with Gasteiger partial charge in [-0.2, -0.15) is 11.8 Å². The molecule has 0 unspecified atom stereocenters. The van der Waals surface area contributed by atoms with Crippen LogP contribution < -0.4 is 5.32 Å². The zero-order chi connectivity index (χ0) is 18.8. The van der Waals surface area contributed by atoms with E-state index in [0.29, 0.717) is 18.7 Å². The molecule has 1 amide bonds. The molecule has 2 N–H and O–H groups in total. The number of carbonyl (C=O) groups is 1. The Hall–Kier alpha value is -1.09. The lowest BCUT2D eigenvalue weighted by Gasteiger charge is -2.53. The maximum Gasteiger partial charge on any atom is 0.270 e. The molecule has 0 radical (unpaired) electrons. The summed E-state index contributed by atoms with van der Waals surface area (Å²) in [7, 11) is 1.79. The van der Waals surface area contributed by atoms with Crippen LogP contribution in [-0.4, -0.2) is 81.0 Å². The van der Waals surface area contributed by atoms with Crippen molar-refractivity contribution in [2.75, 3.05) is 38.2 Å². The van der Waals surface area contributed by atoms with Crippen molar-refractivity contribution in [2.45, 2.75) is 43.4 Å². The predicted molar refractivity (Wildman–Crippen MR) is 102 cm³/mol. The summed E-state index contributed by atoms with van der Waals surface area (Å²) in [5.41, 5.74) is -0.783. The first kappa shape index (κ1) is 19.7. The van der Waals surface area contributed by atoms with Gasteiger partial charge in [0.2, 0.25) is 0 Å². The van der Waals surface area contributed by atoms with E-state index < -0.39 is 17.2 Å². The minimum atomic E-state index is -0.733. The first-order valence-corrected chi connectivity index (χ1v) is 10.6. The number of aromatic nitrogens is 2. The molecule has 1 aromatic heterocycles. The van der Waals surface area contributed by atoms with Gasteiger partial charge in [-0.1, -0.05) is 0 Å². The van der Waals surface area contributed by atoms with Crippen molar-refractivity contribution in [3.8, 4) is 0 Å². The highest BCUT2D eigenvalue weighted by molar-refractivity contribution is 7.98. The van der Waals surface area contributed by atoms with Crippen LogP contribution in [0, 0.1) is 0 Å². The Bertz CT molecular complexity index is 630. The summed E-state index contributed by atoms with van der Waals surface area (Å²) in [6.45, 7) is 5.38. The summed E-state index contributed by atoms with van der Waals surface area (Å²) in [4.78, 5) is 19.1. The number of ether oxygens (including phenoxy) is 1. The van der Waals surface area contributed by atoms with Crippen LogP contribution in [0.2, 0.25) is 0 Å². The number of nitrogens with zero attached hydrogens (tertiary/aromatic N) is 3. The molecule has 0 bridgehead atoms. The summed E-state index contributed by atoms with van der Waals surface area (Å²) in [5.74, 6) is 0.913. The highest BCUT2D eigenvalue weighted by Gasteiger charge is 2.53. The van der Waals surface area contributed by atoms with Crippen LogP contribution in [0.4, 0.5) is 0 Å². The van der Waals surface area contributed by atoms with Crippen LogP contribution in [0.3, 0.4) is 0 Å².